The zero-order valence-corrected chi connectivity index (χ0v) is 8.29. The molecule has 0 bridgehead atoms. The van der Waals surface area contributed by atoms with E-state index in [0.717, 1.165) is 5.01 Å². The normalized spacial score (nSPS) is 15.9. The van der Waals surface area contributed by atoms with Gasteiger partial charge in [0.15, 0.2) is 5.82 Å². The number of carboxylic acid groups (broad SMARTS) is 1. The van der Waals surface area contributed by atoms with Gasteiger partial charge in [0.05, 0.1) is 11.7 Å². The molecule has 0 radical (unpaired) electrons. The number of hydrogen-bond acceptors (Lipinski definition) is 5. The molecule has 1 aliphatic rings. The molecule has 82 valence electrons. The third kappa shape index (κ3) is 1.90. The van der Waals surface area contributed by atoms with Gasteiger partial charge in [-0.2, -0.15) is 10.1 Å². The maximum Gasteiger partial charge on any atom is 0.249 e. The van der Waals surface area contributed by atoms with Crippen LogP contribution in [0.4, 0.5) is 5.82 Å². The van der Waals surface area contributed by atoms with Gasteiger partial charge in [0.25, 0.3) is 0 Å². The fourth-order valence-corrected chi connectivity index (χ4v) is 1.36. The van der Waals surface area contributed by atoms with Crippen LogP contribution < -0.4 is 10.1 Å². The zero-order valence-electron chi connectivity index (χ0n) is 8.29. The van der Waals surface area contributed by atoms with Gasteiger partial charge >= 0.3 is 0 Å². The van der Waals surface area contributed by atoms with Gasteiger partial charge in [-0.25, -0.2) is 4.98 Å². The summed E-state index contributed by atoms with van der Waals surface area (Å²) in [6.45, 7) is 0. The van der Waals surface area contributed by atoms with E-state index >= 15 is 0 Å². The first-order chi connectivity index (χ1) is 7.68. The Hall–Kier alpha value is -2.24. The Morgan fingerprint density at radius 2 is 2.19 bits per heavy atom. The van der Waals surface area contributed by atoms with Crippen LogP contribution in [0.15, 0.2) is 29.5 Å². The number of nitrogens with zero attached hydrogens (tertiary/aromatic N) is 3. The van der Waals surface area contributed by atoms with Crippen LogP contribution >= 0.6 is 0 Å². The van der Waals surface area contributed by atoms with Gasteiger partial charge in [0, 0.05) is 19.0 Å². The number of carboxylic acids is 1. The monoisotopic (exact) mass is 218 g/mol. The van der Waals surface area contributed by atoms with Crippen LogP contribution in [0.25, 0.3) is 0 Å². The maximum absolute atomic E-state index is 11.5. The van der Waals surface area contributed by atoms with Crippen LogP contribution in [-0.2, 0) is 9.59 Å². The standard InChI is InChI=1S/C10H9N3O3/c14-9-5-4-7(10(15)16)12-13(9)8-3-1-2-6-11-8/h1-3,6H,4-5H2,(H,15,16)/p-1. The van der Waals surface area contributed by atoms with E-state index in [0.29, 0.717) is 5.82 Å². The van der Waals surface area contributed by atoms with Crippen LogP contribution in [0, 0.1) is 0 Å². The molecule has 0 aliphatic carbocycles. The van der Waals surface area contributed by atoms with Crippen LogP contribution in [0.2, 0.25) is 0 Å². The van der Waals surface area contributed by atoms with E-state index in [9.17, 15) is 14.7 Å². The Morgan fingerprint density at radius 1 is 1.38 bits per heavy atom. The fraction of sp³-hybridized carbons (Fsp3) is 0.200. The Labute approximate surface area is 91.2 Å². The lowest BCUT2D eigenvalue weighted by Gasteiger charge is -2.22. The summed E-state index contributed by atoms with van der Waals surface area (Å²) in [5.41, 5.74) is -0.134. The summed E-state index contributed by atoms with van der Waals surface area (Å²) in [5.74, 6) is -1.32. The molecule has 0 atom stereocenters. The molecular weight excluding hydrogens is 210 g/mol. The number of hydrogen-bond donors (Lipinski definition) is 0. The highest BCUT2D eigenvalue weighted by Crippen LogP contribution is 2.16. The van der Waals surface area contributed by atoms with Gasteiger partial charge in [-0.05, 0) is 12.1 Å². The van der Waals surface area contributed by atoms with Crippen molar-refractivity contribution in [3.8, 4) is 0 Å². The number of aromatic nitrogens is 1. The highest BCUT2D eigenvalue weighted by Gasteiger charge is 2.22. The molecule has 6 nitrogen and oxygen atoms in total. The SMILES string of the molecule is O=C([O-])C1=NN(c2ccccn2)C(=O)CC1. The van der Waals surface area contributed by atoms with Gasteiger partial charge in [-0.15, -0.1) is 0 Å². The lowest BCUT2D eigenvalue weighted by molar-refractivity contribution is -0.294. The van der Waals surface area contributed by atoms with Crippen molar-refractivity contribution in [2.75, 3.05) is 5.01 Å². The van der Waals surface area contributed by atoms with Gasteiger partial charge in [-0.3, -0.25) is 4.79 Å². The average Bonchev–Trinajstić information content (AvgIpc) is 2.30. The maximum atomic E-state index is 11.5. The Kier molecular flexibility index (Phi) is 2.63. The van der Waals surface area contributed by atoms with Crippen molar-refractivity contribution >= 4 is 23.4 Å². The molecule has 2 rings (SSSR count). The van der Waals surface area contributed by atoms with E-state index < -0.39 is 5.97 Å². The molecular formula is C10H8N3O3-. The van der Waals surface area contributed by atoms with E-state index in [1.54, 1.807) is 18.2 Å². The van der Waals surface area contributed by atoms with Crippen LogP contribution in [-0.4, -0.2) is 22.6 Å². The average molecular weight is 218 g/mol. The molecule has 1 aliphatic heterocycles. The van der Waals surface area contributed by atoms with Gasteiger partial charge < -0.3 is 9.90 Å². The third-order valence-corrected chi connectivity index (χ3v) is 2.13. The number of pyridine rings is 1. The topological polar surface area (TPSA) is 85.7 Å². The van der Waals surface area contributed by atoms with Crippen molar-refractivity contribution in [3.05, 3.63) is 24.4 Å². The molecule has 0 spiro atoms. The zero-order chi connectivity index (χ0) is 11.5. The second-order valence-electron chi connectivity index (χ2n) is 3.23. The second-order valence-corrected chi connectivity index (χ2v) is 3.23. The number of hydrazone groups is 1. The van der Waals surface area contributed by atoms with E-state index in [1.807, 2.05) is 0 Å². The van der Waals surface area contributed by atoms with Crippen molar-refractivity contribution in [1.82, 2.24) is 4.98 Å². The minimum atomic E-state index is -1.35. The molecule has 0 saturated carbocycles. The van der Waals surface area contributed by atoms with E-state index in [-0.39, 0.29) is 24.5 Å². The molecule has 0 unspecified atom stereocenters. The van der Waals surface area contributed by atoms with Crippen molar-refractivity contribution in [3.63, 3.8) is 0 Å². The number of amides is 1. The minimum Gasteiger partial charge on any atom is -0.543 e. The molecule has 2 heterocycles. The second kappa shape index (κ2) is 4.09. The molecule has 1 aromatic heterocycles. The molecule has 1 aromatic rings. The Morgan fingerprint density at radius 3 is 2.81 bits per heavy atom. The molecule has 0 fully saturated rings. The number of aliphatic carboxylic acids is 1. The summed E-state index contributed by atoms with van der Waals surface area (Å²) in [6, 6.07) is 4.97. The summed E-state index contributed by atoms with van der Waals surface area (Å²) in [7, 11) is 0. The van der Waals surface area contributed by atoms with Crippen LogP contribution in [0.1, 0.15) is 12.8 Å². The molecule has 1 amide bonds. The summed E-state index contributed by atoms with van der Waals surface area (Å²) >= 11 is 0. The van der Waals surface area contributed by atoms with Crippen LogP contribution in [0.5, 0.6) is 0 Å². The lowest BCUT2D eigenvalue weighted by atomic mass is 10.2. The number of anilines is 1. The Balaban J connectivity index is 2.35. The van der Waals surface area contributed by atoms with Crippen molar-refractivity contribution in [1.29, 1.82) is 0 Å². The van der Waals surface area contributed by atoms with Crippen molar-refractivity contribution in [2.45, 2.75) is 12.8 Å². The Bertz CT molecular complexity index is 456. The van der Waals surface area contributed by atoms with Crippen molar-refractivity contribution in [2.24, 2.45) is 5.10 Å². The number of carbonyl (C=O) groups excluding carboxylic acids is 2. The fourth-order valence-electron chi connectivity index (χ4n) is 1.36. The molecule has 6 heteroatoms. The quantitative estimate of drug-likeness (QED) is 0.657. The predicted molar refractivity (Wildman–Crippen MR) is 53.4 cm³/mol. The first kappa shape index (κ1) is 10.3. The number of carbonyl (C=O) groups is 2. The summed E-state index contributed by atoms with van der Waals surface area (Å²) in [6.07, 6.45) is 1.71. The van der Waals surface area contributed by atoms with E-state index in [1.165, 1.54) is 6.20 Å². The predicted octanol–water partition coefficient (Wildman–Crippen LogP) is -0.686. The van der Waals surface area contributed by atoms with Gasteiger partial charge in [0.2, 0.25) is 5.91 Å². The van der Waals surface area contributed by atoms with Gasteiger partial charge in [0.1, 0.15) is 0 Å². The largest absolute Gasteiger partial charge is 0.543 e. The molecule has 0 aromatic carbocycles. The highest BCUT2D eigenvalue weighted by molar-refractivity contribution is 6.36. The van der Waals surface area contributed by atoms with E-state index in [2.05, 4.69) is 10.1 Å². The molecule has 0 saturated heterocycles. The van der Waals surface area contributed by atoms with E-state index in [4.69, 9.17) is 0 Å². The summed E-state index contributed by atoms with van der Waals surface area (Å²) in [4.78, 5) is 26.1. The third-order valence-electron chi connectivity index (χ3n) is 2.13. The highest BCUT2D eigenvalue weighted by atomic mass is 16.4. The molecule has 0 N–H and O–H groups in total. The first-order valence-corrected chi connectivity index (χ1v) is 4.71. The van der Waals surface area contributed by atoms with Crippen LogP contribution in [0.3, 0.4) is 0 Å². The lowest BCUT2D eigenvalue weighted by Crippen LogP contribution is -2.40. The summed E-state index contributed by atoms with van der Waals surface area (Å²) in [5, 5.41) is 15.3. The first-order valence-electron chi connectivity index (χ1n) is 4.71. The smallest absolute Gasteiger partial charge is 0.249 e. The number of rotatable bonds is 2. The minimum absolute atomic E-state index is 0.101. The van der Waals surface area contributed by atoms with Crippen molar-refractivity contribution < 1.29 is 14.7 Å². The molecule has 16 heavy (non-hydrogen) atoms. The van der Waals surface area contributed by atoms with Gasteiger partial charge in [-0.1, -0.05) is 6.07 Å². The summed E-state index contributed by atoms with van der Waals surface area (Å²) < 4.78 is 0.